The highest BCUT2D eigenvalue weighted by Crippen LogP contribution is 2.34. The Balaban J connectivity index is 1.24. The van der Waals surface area contributed by atoms with E-state index in [4.69, 9.17) is 4.98 Å². The Morgan fingerprint density at radius 1 is 0.878 bits per heavy atom. The number of nitrogens with zero attached hydrogens (tertiary/aromatic N) is 6. The Kier molecular flexibility index (Phi) is 5.93. The summed E-state index contributed by atoms with van der Waals surface area (Å²) < 4.78 is 16.1. The number of carbonyl (C=O) groups excluding carboxylic acids is 1. The average molecular weight is 542 g/mol. The summed E-state index contributed by atoms with van der Waals surface area (Å²) in [6.45, 7) is 0. The largest absolute Gasteiger partial charge is 0.336 e. The van der Waals surface area contributed by atoms with Crippen LogP contribution in [-0.4, -0.2) is 46.0 Å². The first kappa shape index (κ1) is 24.2. The Hall–Kier alpha value is -5.84. The maximum Gasteiger partial charge on any atom is 0.228 e. The maximum atomic E-state index is 16.1. The molecule has 6 heterocycles. The van der Waals surface area contributed by atoms with Crippen molar-refractivity contribution < 1.29 is 9.18 Å². The van der Waals surface area contributed by atoms with Crippen LogP contribution in [0.2, 0.25) is 0 Å². The van der Waals surface area contributed by atoms with Crippen LogP contribution >= 0.6 is 0 Å². The van der Waals surface area contributed by atoms with Gasteiger partial charge in [-0.2, -0.15) is 5.10 Å². The molecule has 1 aromatic carbocycles. The van der Waals surface area contributed by atoms with Crippen molar-refractivity contribution in [2.45, 2.75) is 6.42 Å². The number of anilines is 1. The minimum atomic E-state index is -0.542. The standard InChI is InChI=1S/C30H20FN9O/c31-25-21(19-12-20(15-33-14-19)36-23(41)11-17-5-2-1-3-6-17)16-35-29-24(25)28(39-40-29)30-37-22-8-10-34-26(27(22)38-30)18-7-4-9-32-13-18/h1-10,12-16H,11H2,(H,36,41)(H,37,38)(H,35,39,40). The van der Waals surface area contributed by atoms with E-state index in [1.54, 1.807) is 30.7 Å². The highest BCUT2D eigenvalue weighted by Gasteiger charge is 2.21. The van der Waals surface area contributed by atoms with Crippen LogP contribution in [0.3, 0.4) is 0 Å². The molecule has 11 heteroatoms. The number of rotatable bonds is 6. The summed E-state index contributed by atoms with van der Waals surface area (Å²) in [5, 5.41) is 10.1. The highest BCUT2D eigenvalue weighted by atomic mass is 19.1. The van der Waals surface area contributed by atoms with E-state index in [9.17, 15) is 4.79 Å². The molecule has 0 fully saturated rings. The van der Waals surface area contributed by atoms with E-state index in [1.165, 1.54) is 18.6 Å². The molecule has 7 rings (SSSR count). The third-order valence-corrected chi connectivity index (χ3v) is 6.63. The van der Waals surface area contributed by atoms with Gasteiger partial charge in [-0.25, -0.2) is 14.4 Å². The summed E-state index contributed by atoms with van der Waals surface area (Å²) in [5.74, 6) is -0.381. The molecular formula is C30H20FN9O. The highest BCUT2D eigenvalue weighted by molar-refractivity contribution is 5.97. The molecule has 0 aliphatic carbocycles. The third kappa shape index (κ3) is 4.55. The van der Waals surface area contributed by atoms with Gasteiger partial charge in [0, 0.05) is 47.7 Å². The van der Waals surface area contributed by atoms with E-state index >= 15 is 4.39 Å². The number of benzene rings is 1. The fourth-order valence-electron chi connectivity index (χ4n) is 4.73. The third-order valence-electron chi connectivity index (χ3n) is 6.63. The number of nitrogens with one attached hydrogen (secondary N) is 3. The van der Waals surface area contributed by atoms with Crippen molar-refractivity contribution in [3.05, 3.63) is 103 Å². The molecule has 0 saturated heterocycles. The van der Waals surface area contributed by atoms with Crippen LogP contribution in [0, 0.1) is 5.82 Å². The summed E-state index contributed by atoms with van der Waals surface area (Å²) in [5.41, 5.74) is 5.33. The maximum absolute atomic E-state index is 16.1. The molecule has 0 radical (unpaired) electrons. The normalized spacial score (nSPS) is 11.2. The van der Waals surface area contributed by atoms with Gasteiger partial charge in [-0.1, -0.05) is 30.3 Å². The zero-order valence-corrected chi connectivity index (χ0v) is 21.3. The lowest BCUT2D eigenvalue weighted by Gasteiger charge is -2.08. The predicted molar refractivity (Wildman–Crippen MR) is 152 cm³/mol. The number of pyridine rings is 4. The Bertz CT molecular complexity index is 2040. The first-order chi connectivity index (χ1) is 20.1. The van der Waals surface area contributed by atoms with Crippen LogP contribution in [0.15, 0.2) is 91.8 Å². The fourth-order valence-corrected chi connectivity index (χ4v) is 4.73. The molecule has 198 valence electrons. The lowest BCUT2D eigenvalue weighted by molar-refractivity contribution is -0.115. The quantitative estimate of drug-likeness (QED) is 0.258. The van der Waals surface area contributed by atoms with Crippen molar-refractivity contribution in [2.75, 3.05) is 5.32 Å². The van der Waals surface area contributed by atoms with E-state index < -0.39 is 5.82 Å². The number of carbonyl (C=O) groups is 1. The van der Waals surface area contributed by atoms with Gasteiger partial charge in [0.1, 0.15) is 17.0 Å². The number of aromatic nitrogens is 8. The molecule has 0 aliphatic rings. The Morgan fingerprint density at radius 3 is 2.61 bits per heavy atom. The number of imidazole rings is 1. The first-order valence-corrected chi connectivity index (χ1v) is 12.7. The summed E-state index contributed by atoms with van der Waals surface area (Å²) in [6, 6.07) is 16.6. The van der Waals surface area contributed by atoms with Gasteiger partial charge >= 0.3 is 0 Å². The molecule has 0 spiro atoms. The summed E-state index contributed by atoms with van der Waals surface area (Å²) >= 11 is 0. The topological polar surface area (TPSA) is 138 Å². The van der Waals surface area contributed by atoms with E-state index in [0.29, 0.717) is 28.3 Å². The number of amides is 1. The number of hydrogen-bond donors (Lipinski definition) is 3. The molecule has 0 aliphatic heterocycles. The van der Waals surface area contributed by atoms with Crippen LogP contribution in [0.4, 0.5) is 10.1 Å². The summed E-state index contributed by atoms with van der Waals surface area (Å²) in [6.07, 6.45) is 9.73. The van der Waals surface area contributed by atoms with Gasteiger partial charge < -0.3 is 10.3 Å². The Morgan fingerprint density at radius 2 is 1.76 bits per heavy atom. The van der Waals surface area contributed by atoms with Crippen LogP contribution in [0.1, 0.15) is 5.56 Å². The number of halogens is 1. The van der Waals surface area contributed by atoms with Crippen LogP contribution < -0.4 is 5.32 Å². The van der Waals surface area contributed by atoms with Gasteiger partial charge in [-0.15, -0.1) is 0 Å². The molecular weight excluding hydrogens is 521 g/mol. The second kappa shape index (κ2) is 10.0. The van der Waals surface area contributed by atoms with E-state index in [0.717, 1.165) is 16.6 Å². The van der Waals surface area contributed by atoms with Crippen molar-refractivity contribution in [1.82, 2.24) is 40.1 Å². The lowest BCUT2D eigenvalue weighted by Crippen LogP contribution is -2.14. The monoisotopic (exact) mass is 541 g/mol. The van der Waals surface area contributed by atoms with Gasteiger partial charge in [-0.3, -0.25) is 24.8 Å². The van der Waals surface area contributed by atoms with Gasteiger partial charge in [0.2, 0.25) is 5.91 Å². The zero-order valence-electron chi connectivity index (χ0n) is 21.3. The van der Waals surface area contributed by atoms with Gasteiger partial charge in [-0.05, 0) is 29.8 Å². The van der Waals surface area contributed by atoms with Crippen molar-refractivity contribution in [1.29, 1.82) is 0 Å². The van der Waals surface area contributed by atoms with Crippen LogP contribution in [0.5, 0.6) is 0 Å². The SMILES string of the molecule is O=C(Cc1ccccc1)Nc1cncc(-c2cnc3[nH]nc(-c4nc5c(-c6cccnc6)nccc5[nH]4)c3c2F)c1. The molecule has 0 bridgehead atoms. The molecule has 0 saturated carbocycles. The zero-order chi connectivity index (χ0) is 27.8. The summed E-state index contributed by atoms with van der Waals surface area (Å²) in [4.78, 5) is 37.8. The Labute approximate surface area is 231 Å². The van der Waals surface area contributed by atoms with E-state index in [2.05, 4.69) is 40.4 Å². The molecule has 0 unspecified atom stereocenters. The molecule has 6 aromatic heterocycles. The van der Waals surface area contributed by atoms with Crippen molar-refractivity contribution in [3.8, 4) is 33.9 Å². The molecule has 10 nitrogen and oxygen atoms in total. The van der Waals surface area contributed by atoms with E-state index in [1.807, 2.05) is 42.5 Å². The number of H-pyrrole nitrogens is 2. The summed E-state index contributed by atoms with van der Waals surface area (Å²) in [7, 11) is 0. The minimum Gasteiger partial charge on any atom is -0.336 e. The second-order valence-electron chi connectivity index (χ2n) is 9.34. The lowest BCUT2D eigenvalue weighted by atomic mass is 10.1. The first-order valence-electron chi connectivity index (χ1n) is 12.7. The van der Waals surface area contributed by atoms with Gasteiger partial charge in [0.15, 0.2) is 11.5 Å². The van der Waals surface area contributed by atoms with Gasteiger partial charge in [0.05, 0.1) is 34.9 Å². The van der Waals surface area contributed by atoms with Crippen molar-refractivity contribution in [2.24, 2.45) is 0 Å². The molecule has 0 atom stereocenters. The average Bonchev–Trinajstić information content (AvgIpc) is 3.63. The molecule has 7 aromatic rings. The van der Waals surface area contributed by atoms with Crippen molar-refractivity contribution >= 4 is 33.7 Å². The van der Waals surface area contributed by atoms with Crippen LogP contribution in [-0.2, 0) is 11.2 Å². The number of aromatic amines is 2. The number of fused-ring (bicyclic) bond motifs is 2. The number of hydrogen-bond acceptors (Lipinski definition) is 7. The van der Waals surface area contributed by atoms with Crippen LogP contribution in [0.25, 0.3) is 56.0 Å². The molecule has 3 N–H and O–H groups in total. The molecule has 1 amide bonds. The predicted octanol–water partition coefficient (Wildman–Crippen LogP) is 5.34. The minimum absolute atomic E-state index is 0.177. The van der Waals surface area contributed by atoms with E-state index in [-0.39, 0.29) is 34.6 Å². The van der Waals surface area contributed by atoms with Gasteiger partial charge in [0.25, 0.3) is 0 Å². The molecule has 41 heavy (non-hydrogen) atoms. The van der Waals surface area contributed by atoms with Crippen molar-refractivity contribution in [3.63, 3.8) is 0 Å². The fraction of sp³-hybridized carbons (Fsp3) is 0.0333. The smallest absolute Gasteiger partial charge is 0.228 e. The second-order valence-corrected chi connectivity index (χ2v) is 9.34.